The van der Waals surface area contributed by atoms with Gasteiger partial charge in [0.05, 0.1) is 23.9 Å². The number of benzene rings is 2. The molecule has 0 fully saturated rings. The summed E-state index contributed by atoms with van der Waals surface area (Å²) in [5.41, 5.74) is 0.534. The summed E-state index contributed by atoms with van der Waals surface area (Å²) in [7, 11) is -3.95. The normalized spacial score (nSPS) is 12.4. The van der Waals surface area contributed by atoms with Crippen LogP contribution in [0.4, 0.5) is 5.69 Å². The van der Waals surface area contributed by atoms with Crippen LogP contribution in [-0.4, -0.2) is 26.2 Å². The van der Waals surface area contributed by atoms with Crippen LogP contribution in [-0.2, 0) is 10.0 Å². The van der Waals surface area contributed by atoms with Crippen LogP contribution in [0.15, 0.2) is 59.5 Å². The molecule has 1 N–H and O–H groups in total. The van der Waals surface area contributed by atoms with E-state index in [9.17, 15) is 18.8 Å². The molecule has 2 aromatic carbocycles. The van der Waals surface area contributed by atoms with E-state index in [4.69, 9.17) is 0 Å². The second-order valence-corrected chi connectivity index (χ2v) is 6.87. The molecular formula is C17H18N2O3S. The number of sulfonamides is 1. The number of hydrogen-bond donors (Lipinski definition) is 1. The SMILES string of the molecule is CCC(O)CN(c1ccccc1)S(=O)(=O)c1ccccc1C#N. The average Bonchev–Trinajstić information content (AvgIpc) is 2.59. The molecule has 2 rings (SSSR count). The molecule has 0 saturated heterocycles. The van der Waals surface area contributed by atoms with Gasteiger partial charge in [-0.25, -0.2) is 8.42 Å². The smallest absolute Gasteiger partial charge is 0.265 e. The zero-order chi connectivity index (χ0) is 16.9. The van der Waals surface area contributed by atoms with Gasteiger partial charge in [0.2, 0.25) is 0 Å². The van der Waals surface area contributed by atoms with E-state index in [-0.39, 0.29) is 17.0 Å². The van der Waals surface area contributed by atoms with Crippen molar-refractivity contribution in [1.29, 1.82) is 5.26 Å². The molecule has 6 heteroatoms. The molecule has 1 unspecified atom stereocenters. The van der Waals surface area contributed by atoms with Crippen LogP contribution in [0, 0.1) is 11.3 Å². The summed E-state index contributed by atoms with van der Waals surface area (Å²) in [4.78, 5) is -0.0605. The van der Waals surface area contributed by atoms with Gasteiger partial charge in [-0.3, -0.25) is 4.31 Å². The summed E-state index contributed by atoms with van der Waals surface area (Å²) in [6.45, 7) is 1.71. The van der Waals surface area contributed by atoms with Gasteiger partial charge in [-0.05, 0) is 30.7 Å². The number of aliphatic hydroxyl groups excluding tert-OH is 1. The molecule has 0 saturated carbocycles. The molecule has 0 amide bonds. The molecule has 23 heavy (non-hydrogen) atoms. The number of rotatable bonds is 6. The lowest BCUT2D eigenvalue weighted by Gasteiger charge is -2.26. The van der Waals surface area contributed by atoms with Gasteiger partial charge >= 0.3 is 0 Å². The van der Waals surface area contributed by atoms with E-state index in [0.717, 1.165) is 4.31 Å². The highest BCUT2D eigenvalue weighted by Crippen LogP contribution is 2.26. The van der Waals surface area contributed by atoms with Gasteiger partial charge in [0, 0.05) is 0 Å². The Balaban J connectivity index is 2.56. The first-order chi connectivity index (χ1) is 11.0. The third-order valence-electron chi connectivity index (χ3n) is 3.47. The summed E-state index contributed by atoms with van der Waals surface area (Å²) in [6.07, 6.45) is -0.363. The Bertz CT molecular complexity index is 798. The zero-order valence-electron chi connectivity index (χ0n) is 12.8. The van der Waals surface area contributed by atoms with Crippen molar-refractivity contribution < 1.29 is 13.5 Å². The van der Waals surface area contributed by atoms with Crippen molar-refractivity contribution in [3.05, 3.63) is 60.2 Å². The van der Waals surface area contributed by atoms with Crippen molar-refractivity contribution in [2.45, 2.75) is 24.3 Å². The van der Waals surface area contributed by atoms with Crippen molar-refractivity contribution in [2.75, 3.05) is 10.8 Å². The topological polar surface area (TPSA) is 81.4 Å². The van der Waals surface area contributed by atoms with Gasteiger partial charge in [0.15, 0.2) is 0 Å². The summed E-state index contributed by atoms with van der Waals surface area (Å²) in [5.74, 6) is 0. The quantitative estimate of drug-likeness (QED) is 0.882. The van der Waals surface area contributed by atoms with Gasteiger partial charge in [-0.2, -0.15) is 5.26 Å². The first-order valence-corrected chi connectivity index (χ1v) is 8.69. The maximum atomic E-state index is 13.0. The van der Waals surface area contributed by atoms with Gasteiger partial charge in [-0.1, -0.05) is 37.3 Å². The van der Waals surface area contributed by atoms with Crippen LogP contribution >= 0.6 is 0 Å². The molecule has 0 radical (unpaired) electrons. The average molecular weight is 330 g/mol. The maximum absolute atomic E-state index is 13.0. The molecule has 0 heterocycles. The standard InChI is InChI=1S/C17H18N2O3S/c1-2-16(20)13-19(15-9-4-3-5-10-15)23(21,22)17-11-7-6-8-14(17)12-18/h3-11,16,20H,2,13H2,1H3. The highest BCUT2D eigenvalue weighted by atomic mass is 32.2. The van der Waals surface area contributed by atoms with E-state index in [2.05, 4.69) is 0 Å². The second-order valence-electron chi connectivity index (χ2n) is 5.04. The first kappa shape index (κ1) is 17.0. The Morgan fingerprint density at radius 2 is 1.74 bits per heavy atom. The third kappa shape index (κ3) is 3.70. The number of nitriles is 1. The minimum absolute atomic E-state index is 0.0605. The molecule has 0 aromatic heterocycles. The van der Waals surface area contributed by atoms with Crippen molar-refractivity contribution in [1.82, 2.24) is 0 Å². The van der Waals surface area contributed by atoms with Crippen molar-refractivity contribution >= 4 is 15.7 Å². The van der Waals surface area contributed by atoms with Crippen molar-refractivity contribution in [3.8, 4) is 6.07 Å². The zero-order valence-corrected chi connectivity index (χ0v) is 13.6. The third-order valence-corrected chi connectivity index (χ3v) is 5.32. The van der Waals surface area contributed by atoms with E-state index in [1.165, 1.54) is 12.1 Å². The summed E-state index contributed by atoms with van der Waals surface area (Å²) in [5, 5.41) is 19.1. The van der Waals surface area contributed by atoms with E-state index in [1.807, 2.05) is 6.07 Å². The number of nitrogens with zero attached hydrogens (tertiary/aromatic N) is 2. The van der Waals surface area contributed by atoms with Crippen molar-refractivity contribution in [2.24, 2.45) is 0 Å². The van der Waals surface area contributed by atoms with Crippen LogP contribution in [0.1, 0.15) is 18.9 Å². The molecule has 0 aliphatic rings. The lowest BCUT2D eigenvalue weighted by molar-refractivity contribution is 0.179. The number of hydrogen-bond acceptors (Lipinski definition) is 4. The fraction of sp³-hybridized carbons (Fsp3) is 0.235. The minimum atomic E-state index is -3.95. The van der Waals surface area contributed by atoms with Crippen LogP contribution in [0.5, 0.6) is 0 Å². The Kier molecular flexibility index (Phi) is 5.37. The largest absolute Gasteiger partial charge is 0.391 e. The predicted molar refractivity (Wildman–Crippen MR) is 88.4 cm³/mol. The van der Waals surface area contributed by atoms with E-state index in [0.29, 0.717) is 12.1 Å². The highest BCUT2D eigenvalue weighted by Gasteiger charge is 2.28. The number of aliphatic hydroxyl groups is 1. The molecule has 0 bridgehead atoms. The van der Waals surface area contributed by atoms with Crippen LogP contribution in [0.3, 0.4) is 0 Å². The van der Waals surface area contributed by atoms with Gasteiger partial charge < -0.3 is 5.11 Å². The van der Waals surface area contributed by atoms with Crippen LogP contribution < -0.4 is 4.31 Å². The van der Waals surface area contributed by atoms with Crippen LogP contribution in [0.2, 0.25) is 0 Å². The number of para-hydroxylation sites is 1. The molecule has 1 atom stereocenters. The lowest BCUT2D eigenvalue weighted by Crippen LogP contribution is -2.37. The molecular weight excluding hydrogens is 312 g/mol. The van der Waals surface area contributed by atoms with Gasteiger partial charge in [0.1, 0.15) is 11.0 Å². The van der Waals surface area contributed by atoms with Gasteiger partial charge in [0.25, 0.3) is 10.0 Å². The van der Waals surface area contributed by atoms with Gasteiger partial charge in [-0.15, -0.1) is 0 Å². The molecule has 0 aliphatic carbocycles. The Hall–Kier alpha value is -2.36. The lowest BCUT2D eigenvalue weighted by atomic mass is 10.2. The minimum Gasteiger partial charge on any atom is -0.391 e. The maximum Gasteiger partial charge on any atom is 0.265 e. The van der Waals surface area contributed by atoms with Crippen molar-refractivity contribution in [3.63, 3.8) is 0 Å². The summed E-state index contributed by atoms with van der Waals surface area (Å²) in [6, 6.07) is 16.5. The second kappa shape index (κ2) is 7.27. The number of anilines is 1. The van der Waals surface area contributed by atoms with E-state index in [1.54, 1.807) is 49.4 Å². The first-order valence-electron chi connectivity index (χ1n) is 7.25. The fourth-order valence-corrected chi connectivity index (χ4v) is 3.81. The van der Waals surface area contributed by atoms with Crippen LogP contribution in [0.25, 0.3) is 0 Å². The Labute approximate surface area is 136 Å². The molecule has 0 spiro atoms. The Morgan fingerprint density at radius 1 is 1.13 bits per heavy atom. The monoisotopic (exact) mass is 330 g/mol. The molecule has 2 aromatic rings. The predicted octanol–water partition coefficient (Wildman–Crippen LogP) is 2.52. The highest BCUT2D eigenvalue weighted by molar-refractivity contribution is 7.92. The molecule has 0 aliphatic heterocycles. The van der Waals surface area contributed by atoms with E-state index >= 15 is 0 Å². The summed E-state index contributed by atoms with van der Waals surface area (Å²) >= 11 is 0. The molecule has 120 valence electrons. The summed E-state index contributed by atoms with van der Waals surface area (Å²) < 4.78 is 27.2. The van der Waals surface area contributed by atoms with E-state index < -0.39 is 16.1 Å². The Morgan fingerprint density at radius 3 is 2.35 bits per heavy atom. The fourth-order valence-electron chi connectivity index (χ4n) is 2.16. The molecule has 5 nitrogen and oxygen atoms in total.